The van der Waals surface area contributed by atoms with Gasteiger partial charge in [-0.3, -0.25) is 0 Å². The summed E-state index contributed by atoms with van der Waals surface area (Å²) in [5.74, 6) is 1.89. The lowest BCUT2D eigenvalue weighted by molar-refractivity contribution is 0.723. The molecule has 1 spiro atoms. The van der Waals surface area contributed by atoms with Gasteiger partial charge in [-0.05, 0) is 72.8 Å². The van der Waals surface area contributed by atoms with Crippen molar-refractivity contribution in [1.82, 2.24) is 15.0 Å². The van der Waals surface area contributed by atoms with Crippen molar-refractivity contribution < 1.29 is 0 Å². The van der Waals surface area contributed by atoms with Crippen LogP contribution in [0.4, 0.5) is 0 Å². The maximum atomic E-state index is 5.30. The van der Waals surface area contributed by atoms with Gasteiger partial charge < -0.3 is 0 Å². The Morgan fingerprint density at radius 1 is 0.258 bits per heavy atom. The molecule has 0 saturated heterocycles. The Morgan fingerprint density at radius 3 is 1.21 bits per heavy atom. The zero-order valence-corrected chi connectivity index (χ0v) is 34.4. The molecule has 1 aliphatic carbocycles. The summed E-state index contributed by atoms with van der Waals surface area (Å²) in [4.78, 5) is 18.3. The smallest absolute Gasteiger partial charge is 0.164 e. The fraction of sp³-hybridized carbons (Fsp3) is 0.0172. The molecule has 0 unspecified atom stereocenters. The molecule has 1 aliphatic heterocycles. The van der Waals surface area contributed by atoms with Crippen LogP contribution in [0.1, 0.15) is 22.3 Å². The number of fused-ring (bicyclic) bond motifs is 9. The minimum absolute atomic E-state index is 0.472. The van der Waals surface area contributed by atoms with E-state index in [1.54, 1.807) is 0 Å². The van der Waals surface area contributed by atoms with Crippen molar-refractivity contribution in [3.8, 4) is 78.7 Å². The Balaban J connectivity index is 1.05. The van der Waals surface area contributed by atoms with Crippen LogP contribution < -0.4 is 0 Å². The highest BCUT2D eigenvalue weighted by molar-refractivity contribution is 7.99. The average Bonchev–Trinajstić information content (AvgIpc) is 3.65. The Bertz CT molecular complexity index is 3160. The van der Waals surface area contributed by atoms with Gasteiger partial charge in [-0.2, -0.15) is 0 Å². The third kappa shape index (κ3) is 5.79. The van der Waals surface area contributed by atoms with E-state index in [1.807, 2.05) is 23.9 Å². The summed E-state index contributed by atoms with van der Waals surface area (Å²) in [5.41, 5.74) is 17.0. The maximum Gasteiger partial charge on any atom is 0.164 e. The van der Waals surface area contributed by atoms with Gasteiger partial charge in [0.05, 0.1) is 5.41 Å². The minimum Gasteiger partial charge on any atom is -0.208 e. The summed E-state index contributed by atoms with van der Waals surface area (Å²) in [6.07, 6.45) is 0. The van der Waals surface area contributed by atoms with E-state index in [0.717, 1.165) is 38.9 Å². The quantitative estimate of drug-likeness (QED) is 0.168. The maximum absolute atomic E-state index is 5.30. The topological polar surface area (TPSA) is 38.7 Å². The Morgan fingerprint density at radius 2 is 0.645 bits per heavy atom. The van der Waals surface area contributed by atoms with Crippen LogP contribution in [0.2, 0.25) is 0 Å². The third-order valence-corrected chi connectivity index (χ3v) is 13.7. The molecule has 290 valence electrons. The predicted molar refractivity (Wildman–Crippen MR) is 254 cm³/mol. The van der Waals surface area contributed by atoms with Gasteiger partial charge in [-0.15, -0.1) is 0 Å². The molecule has 2 heterocycles. The lowest BCUT2D eigenvalue weighted by Gasteiger charge is -2.40. The molecule has 0 N–H and O–H groups in total. The van der Waals surface area contributed by atoms with Crippen molar-refractivity contribution in [2.24, 2.45) is 0 Å². The van der Waals surface area contributed by atoms with Crippen molar-refractivity contribution in [2.45, 2.75) is 15.2 Å². The van der Waals surface area contributed by atoms with E-state index in [1.165, 1.54) is 54.3 Å². The van der Waals surface area contributed by atoms with Crippen LogP contribution in [-0.2, 0) is 5.41 Å². The van der Waals surface area contributed by atoms with Crippen molar-refractivity contribution in [1.29, 1.82) is 0 Å². The van der Waals surface area contributed by atoms with Crippen molar-refractivity contribution in [3.05, 3.63) is 247 Å². The summed E-state index contributed by atoms with van der Waals surface area (Å²) in [6.45, 7) is 0. The largest absolute Gasteiger partial charge is 0.208 e. The van der Waals surface area contributed by atoms with Gasteiger partial charge in [-0.25, -0.2) is 15.0 Å². The molecule has 12 rings (SSSR count). The van der Waals surface area contributed by atoms with Crippen LogP contribution in [0.5, 0.6) is 0 Å². The lowest BCUT2D eigenvalue weighted by Crippen LogP contribution is -2.32. The number of hydrogen-bond acceptors (Lipinski definition) is 4. The molecule has 0 fully saturated rings. The fourth-order valence-electron chi connectivity index (χ4n) is 9.64. The first kappa shape index (κ1) is 36.2. The number of rotatable bonds is 6. The molecule has 62 heavy (non-hydrogen) atoms. The Hall–Kier alpha value is -7.66. The second kappa shape index (κ2) is 14.8. The molecule has 0 atom stereocenters. The summed E-state index contributed by atoms with van der Waals surface area (Å²) in [6, 6.07) is 80.4. The predicted octanol–water partition coefficient (Wildman–Crippen LogP) is 14.7. The van der Waals surface area contributed by atoms with E-state index in [9.17, 15) is 0 Å². The molecule has 9 aromatic carbocycles. The SMILES string of the molecule is c1ccc(-c2ccc(-c3nc(-c4ccc(-c5ccccc5)cc4)nc(-c4ccccc4-c4cccc5c4Sc4ccccc4C54c5ccccc5-c5ccccc54)n3)cc2)cc1. The zero-order valence-electron chi connectivity index (χ0n) is 33.6. The first-order chi connectivity index (χ1) is 30.7. The fourth-order valence-corrected chi connectivity index (χ4v) is 11.0. The van der Waals surface area contributed by atoms with E-state index >= 15 is 0 Å². The lowest BCUT2D eigenvalue weighted by atomic mass is 9.67. The molecule has 3 nitrogen and oxygen atoms in total. The summed E-state index contributed by atoms with van der Waals surface area (Å²) < 4.78 is 0. The second-order valence-electron chi connectivity index (χ2n) is 15.9. The van der Waals surface area contributed by atoms with Gasteiger partial charge in [0, 0.05) is 26.5 Å². The highest BCUT2D eigenvalue weighted by Crippen LogP contribution is 2.63. The second-order valence-corrected chi connectivity index (χ2v) is 16.9. The van der Waals surface area contributed by atoms with Crippen LogP contribution >= 0.6 is 11.8 Å². The Kier molecular flexibility index (Phi) is 8.65. The number of aromatic nitrogens is 3. The van der Waals surface area contributed by atoms with Crippen LogP contribution in [0.3, 0.4) is 0 Å². The summed E-state index contributed by atoms with van der Waals surface area (Å²) in [5, 5.41) is 0. The van der Waals surface area contributed by atoms with Crippen LogP contribution in [0.25, 0.3) is 78.7 Å². The van der Waals surface area contributed by atoms with Gasteiger partial charge in [-0.1, -0.05) is 230 Å². The zero-order chi connectivity index (χ0) is 41.0. The van der Waals surface area contributed by atoms with E-state index in [2.05, 4.69) is 212 Å². The number of hydrogen-bond donors (Lipinski definition) is 0. The number of benzene rings is 9. The average molecular weight is 808 g/mol. The third-order valence-electron chi connectivity index (χ3n) is 12.5. The monoisotopic (exact) mass is 807 g/mol. The highest BCUT2D eigenvalue weighted by Gasteiger charge is 2.50. The van der Waals surface area contributed by atoms with Gasteiger partial charge in [0.25, 0.3) is 0 Å². The molecule has 0 saturated carbocycles. The van der Waals surface area contributed by atoms with Gasteiger partial charge in [0.2, 0.25) is 0 Å². The van der Waals surface area contributed by atoms with Crippen LogP contribution in [0.15, 0.2) is 234 Å². The molecule has 2 aliphatic rings. The van der Waals surface area contributed by atoms with Crippen molar-refractivity contribution in [2.75, 3.05) is 0 Å². The Labute approximate surface area is 365 Å². The molecule has 0 amide bonds. The number of nitrogens with zero attached hydrogens (tertiary/aromatic N) is 3. The molecule has 0 bridgehead atoms. The molecule has 1 aromatic heterocycles. The van der Waals surface area contributed by atoms with Crippen LogP contribution in [0, 0.1) is 0 Å². The van der Waals surface area contributed by atoms with E-state index in [-0.39, 0.29) is 0 Å². The van der Waals surface area contributed by atoms with E-state index < -0.39 is 5.41 Å². The highest BCUT2D eigenvalue weighted by atomic mass is 32.2. The molecule has 10 aromatic rings. The first-order valence-electron chi connectivity index (χ1n) is 21.0. The standard InChI is InChI=1S/C58H37N3S/c1-3-16-38(17-4-1)40-30-34-42(35-31-40)55-59-56(43-36-32-41(33-37-43)39-18-5-2-6-19-39)61-57(60-55)48-23-8-7-20-44(48)47-24-15-28-52-54(47)62-53-29-14-13-27-51(53)58(52)49-25-11-9-21-45(49)46-22-10-12-26-50(46)58/h1-37H. The first-order valence-corrected chi connectivity index (χ1v) is 21.8. The van der Waals surface area contributed by atoms with Crippen LogP contribution in [-0.4, -0.2) is 15.0 Å². The molecular formula is C58H37N3S. The van der Waals surface area contributed by atoms with Gasteiger partial charge in [0.1, 0.15) is 0 Å². The van der Waals surface area contributed by atoms with E-state index in [4.69, 9.17) is 15.0 Å². The van der Waals surface area contributed by atoms with Crippen molar-refractivity contribution >= 4 is 11.8 Å². The normalized spacial score (nSPS) is 12.9. The molecule has 4 heteroatoms. The summed E-state index contributed by atoms with van der Waals surface area (Å²) >= 11 is 1.86. The van der Waals surface area contributed by atoms with Gasteiger partial charge in [0.15, 0.2) is 17.5 Å². The summed E-state index contributed by atoms with van der Waals surface area (Å²) in [7, 11) is 0. The van der Waals surface area contributed by atoms with Crippen molar-refractivity contribution in [3.63, 3.8) is 0 Å². The molecule has 0 radical (unpaired) electrons. The molecular weight excluding hydrogens is 771 g/mol. The van der Waals surface area contributed by atoms with E-state index in [0.29, 0.717) is 17.5 Å². The van der Waals surface area contributed by atoms with Gasteiger partial charge >= 0.3 is 0 Å². The minimum atomic E-state index is -0.472.